The first-order valence-electron chi connectivity index (χ1n) is 10.9. The number of hydrogen-bond donors (Lipinski definition) is 1. The summed E-state index contributed by atoms with van der Waals surface area (Å²) < 4.78 is 48.2. The highest BCUT2D eigenvalue weighted by Crippen LogP contribution is 2.37. The number of alkyl halides is 3. The second kappa shape index (κ2) is 9.09. The number of nitrogens with one attached hydrogen (secondary N) is 1. The molecule has 7 nitrogen and oxygen atoms in total. The van der Waals surface area contributed by atoms with Gasteiger partial charge in [0.25, 0.3) is 11.5 Å². The average molecular weight is 474 g/mol. The maximum atomic E-state index is 13.9. The lowest BCUT2D eigenvalue weighted by molar-refractivity contribution is -0.138. The molecule has 3 aromatic rings. The summed E-state index contributed by atoms with van der Waals surface area (Å²) in [6.45, 7) is 5.19. The number of aryl methyl sites for hydroxylation is 1. The minimum atomic E-state index is -4.62. The van der Waals surface area contributed by atoms with Gasteiger partial charge in [-0.05, 0) is 55.8 Å². The van der Waals surface area contributed by atoms with E-state index in [4.69, 9.17) is 4.74 Å². The highest BCUT2D eigenvalue weighted by atomic mass is 19.4. The summed E-state index contributed by atoms with van der Waals surface area (Å²) in [6.07, 6.45) is -4.62. The molecule has 4 rings (SSSR count). The first-order chi connectivity index (χ1) is 16.1. The van der Waals surface area contributed by atoms with Crippen LogP contribution in [0.25, 0.3) is 10.9 Å². The molecule has 1 aliphatic heterocycles. The van der Waals surface area contributed by atoms with Crippen molar-refractivity contribution < 1.29 is 22.7 Å². The summed E-state index contributed by atoms with van der Waals surface area (Å²) in [4.78, 5) is 31.1. The van der Waals surface area contributed by atoms with E-state index in [1.54, 1.807) is 43.0 Å². The van der Waals surface area contributed by atoms with Crippen LogP contribution >= 0.6 is 0 Å². The van der Waals surface area contributed by atoms with Crippen molar-refractivity contribution in [1.82, 2.24) is 14.5 Å². The predicted octanol–water partition coefficient (Wildman–Crippen LogP) is 3.91. The molecule has 0 radical (unpaired) electrons. The zero-order valence-electron chi connectivity index (χ0n) is 19.1. The number of carbonyl (C=O) groups excluding carboxylic acids is 1. The lowest BCUT2D eigenvalue weighted by Crippen LogP contribution is -2.40. The van der Waals surface area contributed by atoms with Gasteiger partial charge in [-0.15, -0.1) is 0 Å². The van der Waals surface area contributed by atoms with Crippen LogP contribution in [-0.4, -0.2) is 46.7 Å². The first kappa shape index (κ1) is 23.7. The van der Waals surface area contributed by atoms with E-state index in [0.717, 1.165) is 6.07 Å². The second-order valence-corrected chi connectivity index (χ2v) is 8.33. The van der Waals surface area contributed by atoms with Gasteiger partial charge in [-0.25, -0.2) is 4.98 Å². The number of aromatic nitrogens is 2. The maximum Gasteiger partial charge on any atom is 0.416 e. The number of rotatable bonds is 4. The van der Waals surface area contributed by atoms with E-state index in [-0.39, 0.29) is 22.4 Å². The lowest BCUT2D eigenvalue weighted by Gasteiger charge is -2.27. The molecule has 180 valence electrons. The summed E-state index contributed by atoms with van der Waals surface area (Å²) >= 11 is 0. The van der Waals surface area contributed by atoms with Crippen molar-refractivity contribution in [2.45, 2.75) is 26.1 Å². The third-order valence-electron chi connectivity index (χ3n) is 6.06. The summed E-state index contributed by atoms with van der Waals surface area (Å²) in [6, 6.07) is 8.02. The van der Waals surface area contributed by atoms with Crippen LogP contribution in [-0.2, 0) is 18.0 Å². The molecule has 1 atom stereocenters. The van der Waals surface area contributed by atoms with Crippen molar-refractivity contribution in [1.29, 1.82) is 0 Å². The molecular weight excluding hydrogens is 449 g/mol. The molecule has 0 bridgehead atoms. The Morgan fingerprint density at radius 1 is 1.15 bits per heavy atom. The Morgan fingerprint density at radius 2 is 1.79 bits per heavy atom. The topological polar surface area (TPSA) is 76.5 Å². The number of carbonyl (C=O) groups is 1. The SMILES string of the molecule is Cc1nc2cc(C(F)(F)F)c([C@H](C)Nc3ccc(C(=O)N4CCOCC4)cc3)cc2c(=O)n1C. The van der Waals surface area contributed by atoms with Crippen molar-refractivity contribution in [2.24, 2.45) is 7.05 Å². The maximum absolute atomic E-state index is 13.9. The van der Waals surface area contributed by atoms with Crippen LogP contribution in [0.15, 0.2) is 41.2 Å². The number of fused-ring (bicyclic) bond motifs is 1. The van der Waals surface area contributed by atoms with Crippen LogP contribution in [0.4, 0.5) is 18.9 Å². The van der Waals surface area contributed by atoms with Gasteiger partial charge >= 0.3 is 6.18 Å². The highest BCUT2D eigenvalue weighted by Gasteiger charge is 2.35. The third-order valence-corrected chi connectivity index (χ3v) is 6.06. The average Bonchev–Trinajstić information content (AvgIpc) is 2.82. The van der Waals surface area contributed by atoms with E-state index in [0.29, 0.717) is 43.4 Å². The fourth-order valence-electron chi connectivity index (χ4n) is 4.04. The monoisotopic (exact) mass is 474 g/mol. The molecule has 1 aromatic heterocycles. The van der Waals surface area contributed by atoms with Gasteiger partial charge in [-0.3, -0.25) is 14.2 Å². The van der Waals surface area contributed by atoms with Crippen LogP contribution in [0.5, 0.6) is 0 Å². The normalized spacial score (nSPS) is 15.4. The summed E-state index contributed by atoms with van der Waals surface area (Å²) in [5.74, 6) is 0.215. The molecule has 1 saturated heterocycles. The Labute approximate surface area is 194 Å². The number of nitrogens with zero attached hydrogens (tertiary/aromatic N) is 3. The molecule has 0 saturated carbocycles. The van der Waals surface area contributed by atoms with Crippen LogP contribution in [0.2, 0.25) is 0 Å². The number of halogens is 3. The zero-order valence-corrected chi connectivity index (χ0v) is 19.1. The third kappa shape index (κ3) is 4.63. The molecule has 0 unspecified atom stereocenters. The van der Waals surface area contributed by atoms with Crippen LogP contribution in [0.1, 0.15) is 40.3 Å². The summed E-state index contributed by atoms with van der Waals surface area (Å²) in [7, 11) is 1.53. The second-order valence-electron chi connectivity index (χ2n) is 8.33. The molecule has 0 aliphatic carbocycles. The Morgan fingerprint density at radius 3 is 2.41 bits per heavy atom. The number of amides is 1. The molecule has 2 aromatic carbocycles. The van der Waals surface area contributed by atoms with Gasteiger partial charge in [0.05, 0.1) is 29.7 Å². The standard InChI is InChI=1S/C24H25F3N4O3/c1-14(28-17-6-4-16(5-7-17)22(32)31-8-10-34-11-9-31)18-12-19-21(13-20(18)24(25,26)27)29-15(2)30(3)23(19)33/h4-7,12-14,28H,8-11H2,1-3H3/t14-/m0/s1. The van der Waals surface area contributed by atoms with Crippen molar-refractivity contribution >= 4 is 22.5 Å². The fourth-order valence-corrected chi connectivity index (χ4v) is 4.04. The number of anilines is 1. The number of benzene rings is 2. The molecule has 1 fully saturated rings. The van der Waals surface area contributed by atoms with E-state index in [2.05, 4.69) is 10.3 Å². The molecule has 0 spiro atoms. The van der Waals surface area contributed by atoms with Crippen molar-refractivity contribution in [3.63, 3.8) is 0 Å². The molecule has 1 amide bonds. The molecule has 1 aliphatic rings. The summed E-state index contributed by atoms with van der Waals surface area (Å²) in [5.41, 5.74) is -0.262. The van der Waals surface area contributed by atoms with Gasteiger partial charge < -0.3 is 15.0 Å². The highest BCUT2D eigenvalue weighted by molar-refractivity contribution is 5.94. The minimum Gasteiger partial charge on any atom is -0.379 e. The Kier molecular flexibility index (Phi) is 6.35. The Bertz CT molecular complexity index is 1280. The predicted molar refractivity (Wildman–Crippen MR) is 122 cm³/mol. The van der Waals surface area contributed by atoms with Crippen molar-refractivity contribution in [2.75, 3.05) is 31.6 Å². The van der Waals surface area contributed by atoms with Gasteiger partial charge in [0.1, 0.15) is 5.82 Å². The van der Waals surface area contributed by atoms with Gasteiger partial charge in [0.2, 0.25) is 0 Å². The Hall–Kier alpha value is -3.40. The van der Waals surface area contributed by atoms with Crippen LogP contribution in [0, 0.1) is 6.92 Å². The molecule has 1 N–H and O–H groups in total. The largest absolute Gasteiger partial charge is 0.416 e. The molecule has 34 heavy (non-hydrogen) atoms. The molecular formula is C24H25F3N4O3. The number of hydrogen-bond acceptors (Lipinski definition) is 5. The van der Waals surface area contributed by atoms with Gasteiger partial charge in [0, 0.05) is 37.4 Å². The van der Waals surface area contributed by atoms with Gasteiger partial charge in [-0.2, -0.15) is 13.2 Å². The van der Waals surface area contributed by atoms with Gasteiger partial charge in [0.15, 0.2) is 0 Å². The van der Waals surface area contributed by atoms with Crippen molar-refractivity contribution in [3.05, 3.63) is 69.3 Å². The fraction of sp³-hybridized carbons (Fsp3) is 0.375. The Balaban J connectivity index is 1.64. The van der Waals surface area contributed by atoms with E-state index < -0.39 is 23.3 Å². The lowest BCUT2D eigenvalue weighted by atomic mass is 9.98. The van der Waals surface area contributed by atoms with E-state index in [9.17, 15) is 22.8 Å². The van der Waals surface area contributed by atoms with E-state index >= 15 is 0 Å². The minimum absolute atomic E-state index is 0.00912. The quantitative estimate of drug-likeness (QED) is 0.621. The van der Waals surface area contributed by atoms with Gasteiger partial charge in [-0.1, -0.05) is 0 Å². The van der Waals surface area contributed by atoms with Crippen molar-refractivity contribution in [3.8, 4) is 0 Å². The smallest absolute Gasteiger partial charge is 0.379 e. The molecule has 2 heterocycles. The summed E-state index contributed by atoms with van der Waals surface area (Å²) in [5, 5.41) is 3.17. The van der Waals surface area contributed by atoms with E-state index in [1.165, 1.54) is 17.7 Å². The van der Waals surface area contributed by atoms with E-state index in [1.807, 2.05) is 0 Å². The van der Waals surface area contributed by atoms with Crippen LogP contribution in [0.3, 0.4) is 0 Å². The zero-order chi connectivity index (χ0) is 24.6. The van der Waals surface area contributed by atoms with Crippen LogP contribution < -0.4 is 10.9 Å². The number of morpholine rings is 1. The first-order valence-corrected chi connectivity index (χ1v) is 10.9. The number of ether oxygens (including phenoxy) is 1. The molecule has 10 heteroatoms.